The second-order valence-electron chi connectivity index (χ2n) is 6.78. The van der Waals surface area contributed by atoms with Gasteiger partial charge >= 0.3 is 12.1 Å². The monoisotopic (exact) mass is 380 g/mol. The maximum Gasteiger partial charge on any atom is 0.315 e. The van der Waals surface area contributed by atoms with Crippen molar-refractivity contribution in [3.05, 3.63) is 34.9 Å². The quantitative estimate of drug-likeness (QED) is 0.585. The predicted octanol–water partition coefficient (Wildman–Crippen LogP) is 3.26. The molecule has 0 unspecified atom stereocenters. The first-order valence-electron chi connectivity index (χ1n) is 9.35. The van der Waals surface area contributed by atoms with Gasteiger partial charge in [0.05, 0.1) is 0 Å². The molecule has 1 saturated carbocycles. The predicted molar refractivity (Wildman–Crippen MR) is 104 cm³/mol. The maximum atomic E-state index is 12.0. The summed E-state index contributed by atoms with van der Waals surface area (Å²) in [6.07, 6.45) is 4.32. The minimum Gasteiger partial charge on any atom is -0.338 e. The number of carbonyl (C=O) groups is 2. The third-order valence-corrected chi connectivity index (χ3v) is 5.17. The Labute approximate surface area is 160 Å². The summed E-state index contributed by atoms with van der Waals surface area (Å²) in [5.74, 6) is 1.03. The van der Waals surface area contributed by atoms with Crippen LogP contribution in [0.15, 0.2) is 24.3 Å². The smallest absolute Gasteiger partial charge is 0.315 e. The number of amides is 4. The molecule has 7 heteroatoms. The average molecular weight is 381 g/mol. The summed E-state index contributed by atoms with van der Waals surface area (Å²) in [4.78, 5) is 23.4. The molecule has 26 heavy (non-hydrogen) atoms. The van der Waals surface area contributed by atoms with Crippen LogP contribution in [0.25, 0.3) is 0 Å². The molecule has 1 aromatic carbocycles. The van der Waals surface area contributed by atoms with Crippen LogP contribution >= 0.6 is 11.6 Å². The second-order valence-corrected chi connectivity index (χ2v) is 7.19. The van der Waals surface area contributed by atoms with E-state index in [0.29, 0.717) is 36.5 Å². The number of halogens is 1. The molecule has 0 radical (unpaired) electrons. The van der Waals surface area contributed by atoms with E-state index in [0.717, 1.165) is 37.8 Å². The summed E-state index contributed by atoms with van der Waals surface area (Å²) < 4.78 is 0. The minimum absolute atomic E-state index is 0.0912. The highest BCUT2D eigenvalue weighted by Crippen LogP contribution is 2.27. The Morgan fingerprint density at radius 2 is 1.46 bits per heavy atom. The van der Waals surface area contributed by atoms with E-state index >= 15 is 0 Å². The number of carbonyl (C=O) groups excluding carboxylic acids is 2. The molecule has 4 N–H and O–H groups in total. The van der Waals surface area contributed by atoms with Crippen LogP contribution in [0.1, 0.15) is 38.2 Å². The van der Waals surface area contributed by atoms with Crippen LogP contribution in [0.5, 0.6) is 0 Å². The van der Waals surface area contributed by atoms with Gasteiger partial charge in [-0.25, -0.2) is 9.59 Å². The standard InChI is InChI=1S/C19H29ClN4O2/c1-2-21-18(25)22-11-14-7-9-15(10-8-14)12-23-19(26)24-13-16-5-3-4-6-17(16)20/h3-6,14-15H,2,7-13H2,1H3,(H2,21,22,25)(H2,23,24,26). The Morgan fingerprint density at radius 1 is 0.923 bits per heavy atom. The van der Waals surface area contributed by atoms with Crippen LogP contribution in [0, 0.1) is 11.8 Å². The number of rotatable bonds is 7. The van der Waals surface area contributed by atoms with E-state index in [4.69, 9.17) is 11.6 Å². The van der Waals surface area contributed by atoms with Gasteiger partial charge in [-0.15, -0.1) is 0 Å². The fourth-order valence-electron chi connectivity index (χ4n) is 3.22. The molecule has 0 saturated heterocycles. The molecular weight excluding hydrogens is 352 g/mol. The molecule has 0 atom stereocenters. The number of hydrogen-bond acceptors (Lipinski definition) is 2. The average Bonchev–Trinajstić information content (AvgIpc) is 2.65. The highest BCUT2D eigenvalue weighted by atomic mass is 35.5. The van der Waals surface area contributed by atoms with Crippen LogP contribution in [0.3, 0.4) is 0 Å². The number of urea groups is 2. The van der Waals surface area contributed by atoms with Gasteiger partial charge in [0.1, 0.15) is 0 Å². The van der Waals surface area contributed by atoms with E-state index < -0.39 is 0 Å². The lowest BCUT2D eigenvalue weighted by atomic mass is 9.82. The van der Waals surface area contributed by atoms with E-state index in [-0.39, 0.29) is 12.1 Å². The van der Waals surface area contributed by atoms with Gasteiger partial charge in [-0.05, 0) is 56.1 Å². The Morgan fingerprint density at radius 3 is 2.00 bits per heavy atom. The molecule has 0 spiro atoms. The third-order valence-electron chi connectivity index (χ3n) is 4.80. The third kappa shape index (κ3) is 7.12. The molecule has 1 aromatic rings. The largest absolute Gasteiger partial charge is 0.338 e. The molecule has 1 fully saturated rings. The zero-order chi connectivity index (χ0) is 18.8. The zero-order valence-electron chi connectivity index (χ0n) is 15.3. The van der Waals surface area contributed by atoms with E-state index in [1.807, 2.05) is 31.2 Å². The molecule has 0 aromatic heterocycles. The first kappa shape index (κ1) is 20.4. The van der Waals surface area contributed by atoms with Gasteiger partial charge in [-0.1, -0.05) is 29.8 Å². The molecular formula is C19H29ClN4O2. The van der Waals surface area contributed by atoms with E-state index in [9.17, 15) is 9.59 Å². The van der Waals surface area contributed by atoms with Gasteiger partial charge in [0.25, 0.3) is 0 Å². The molecule has 1 aliphatic rings. The molecule has 144 valence electrons. The number of nitrogens with one attached hydrogen (secondary N) is 4. The van der Waals surface area contributed by atoms with Crippen LogP contribution < -0.4 is 21.3 Å². The number of hydrogen-bond donors (Lipinski definition) is 4. The topological polar surface area (TPSA) is 82.3 Å². The lowest BCUT2D eigenvalue weighted by molar-refractivity contribution is 0.224. The molecule has 6 nitrogen and oxygen atoms in total. The molecule has 0 aliphatic heterocycles. The summed E-state index contributed by atoms with van der Waals surface area (Å²) in [6.45, 7) is 4.38. The van der Waals surface area contributed by atoms with E-state index in [1.165, 1.54) is 0 Å². The highest BCUT2D eigenvalue weighted by molar-refractivity contribution is 6.31. The summed E-state index contributed by atoms with van der Waals surface area (Å²) >= 11 is 6.08. The van der Waals surface area contributed by atoms with Crippen molar-refractivity contribution in [1.29, 1.82) is 0 Å². The van der Waals surface area contributed by atoms with Crippen LogP contribution in [-0.2, 0) is 6.54 Å². The van der Waals surface area contributed by atoms with Gasteiger partial charge in [0, 0.05) is 31.2 Å². The van der Waals surface area contributed by atoms with E-state index in [2.05, 4.69) is 21.3 Å². The summed E-state index contributed by atoms with van der Waals surface area (Å²) in [5, 5.41) is 12.1. The lowest BCUT2D eigenvalue weighted by Gasteiger charge is -2.28. The normalized spacial score (nSPS) is 19.5. The first-order chi connectivity index (χ1) is 12.6. The molecule has 2 rings (SSSR count). The van der Waals surface area contributed by atoms with Gasteiger partial charge in [0.15, 0.2) is 0 Å². The summed E-state index contributed by atoms with van der Waals surface area (Å²) in [6, 6.07) is 7.24. The first-order valence-corrected chi connectivity index (χ1v) is 9.73. The van der Waals surface area contributed by atoms with Crippen molar-refractivity contribution in [3.63, 3.8) is 0 Å². The van der Waals surface area contributed by atoms with Crippen molar-refractivity contribution in [2.45, 2.75) is 39.2 Å². The molecule has 4 amide bonds. The van der Waals surface area contributed by atoms with Crippen molar-refractivity contribution in [3.8, 4) is 0 Å². The Kier molecular flexibility index (Phi) is 8.54. The van der Waals surface area contributed by atoms with Gasteiger partial charge in [-0.3, -0.25) is 0 Å². The lowest BCUT2D eigenvalue weighted by Crippen LogP contribution is -2.40. The van der Waals surface area contributed by atoms with Crippen molar-refractivity contribution in [1.82, 2.24) is 21.3 Å². The van der Waals surface area contributed by atoms with Gasteiger partial charge in [-0.2, -0.15) is 0 Å². The number of benzene rings is 1. The Bertz CT molecular complexity index is 589. The van der Waals surface area contributed by atoms with Gasteiger partial charge < -0.3 is 21.3 Å². The summed E-state index contributed by atoms with van der Waals surface area (Å²) in [7, 11) is 0. The maximum absolute atomic E-state index is 12.0. The minimum atomic E-state index is -0.162. The van der Waals surface area contributed by atoms with Crippen molar-refractivity contribution in [2.75, 3.05) is 19.6 Å². The highest BCUT2D eigenvalue weighted by Gasteiger charge is 2.21. The molecule has 1 aliphatic carbocycles. The SMILES string of the molecule is CCNC(=O)NCC1CCC(CNC(=O)NCc2ccccc2Cl)CC1. The van der Waals surface area contributed by atoms with Crippen molar-refractivity contribution >= 4 is 23.7 Å². The second kappa shape index (κ2) is 10.9. The van der Waals surface area contributed by atoms with Crippen LogP contribution in [0.2, 0.25) is 5.02 Å². The van der Waals surface area contributed by atoms with Crippen LogP contribution in [0.4, 0.5) is 9.59 Å². The fourth-order valence-corrected chi connectivity index (χ4v) is 3.42. The summed E-state index contributed by atoms with van der Waals surface area (Å²) in [5.41, 5.74) is 0.907. The van der Waals surface area contributed by atoms with Crippen molar-refractivity contribution < 1.29 is 9.59 Å². The Hall–Kier alpha value is -1.95. The zero-order valence-corrected chi connectivity index (χ0v) is 16.1. The van der Waals surface area contributed by atoms with Gasteiger partial charge in [0.2, 0.25) is 0 Å². The van der Waals surface area contributed by atoms with E-state index in [1.54, 1.807) is 0 Å². The van der Waals surface area contributed by atoms with Crippen LogP contribution in [-0.4, -0.2) is 31.7 Å². The molecule has 0 heterocycles. The molecule has 0 bridgehead atoms. The Balaban J connectivity index is 1.58. The van der Waals surface area contributed by atoms with Crippen molar-refractivity contribution in [2.24, 2.45) is 11.8 Å². The fraction of sp³-hybridized carbons (Fsp3) is 0.579.